The zero-order valence-corrected chi connectivity index (χ0v) is 19.2. The third-order valence-corrected chi connectivity index (χ3v) is 3.44. The second kappa shape index (κ2) is 19.7. The van der Waals surface area contributed by atoms with Crippen LogP contribution in [0.4, 0.5) is 11.4 Å². The SMILES string of the molecule is C.C.C.CC(=O)OC(C)=O.COC(=O)c1ccc(N)cc1O.COC(=O)c1ccc(NC(C)=O)cc1O. The molecule has 0 aliphatic carbocycles. The van der Waals surface area contributed by atoms with Crippen LogP contribution >= 0.6 is 0 Å². The number of methoxy groups -OCH3 is 2. The molecule has 1 amide bonds. The second-order valence-electron chi connectivity index (χ2n) is 6.26. The van der Waals surface area contributed by atoms with Gasteiger partial charge >= 0.3 is 23.9 Å². The first-order valence-electron chi connectivity index (χ1n) is 9.37. The van der Waals surface area contributed by atoms with Gasteiger partial charge in [-0.15, -0.1) is 0 Å². The zero-order valence-electron chi connectivity index (χ0n) is 19.2. The maximum absolute atomic E-state index is 11.1. The molecule has 0 aliphatic heterocycles. The number of esters is 4. The molecule has 208 valence electrons. The number of rotatable bonds is 3. The van der Waals surface area contributed by atoms with Crippen LogP contribution in [0.5, 0.6) is 11.5 Å². The molecule has 0 fully saturated rings. The topological polar surface area (TPSA) is 192 Å². The van der Waals surface area contributed by atoms with Gasteiger partial charge in [0.25, 0.3) is 0 Å². The Morgan fingerprint density at radius 3 is 1.43 bits per heavy atom. The minimum absolute atomic E-state index is 0. The van der Waals surface area contributed by atoms with Gasteiger partial charge in [0.15, 0.2) is 0 Å². The third-order valence-electron chi connectivity index (χ3n) is 3.44. The molecule has 5 N–H and O–H groups in total. The molecule has 37 heavy (non-hydrogen) atoms. The van der Waals surface area contributed by atoms with E-state index in [9.17, 15) is 34.2 Å². The van der Waals surface area contributed by atoms with Crippen LogP contribution in [0.25, 0.3) is 0 Å². The van der Waals surface area contributed by atoms with Crippen LogP contribution in [0.1, 0.15) is 63.8 Å². The highest BCUT2D eigenvalue weighted by molar-refractivity contribution is 5.95. The van der Waals surface area contributed by atoms with Gasteiger partial charge in [-0.25, -0.2) is 9.59 Å². The van der Waals surface area contributed by atoms with Crippen molar-refractivity contribution >= 4 is 41.2 Å². The number of aromatic hydroxyl groups is 2. The molecular formula is C25H38N2O10. The molecule has 0 spiro atoms. The summed E-state index contributed by atoms with van der Waals surface area (Å²) >= 11 is 0. The molecule has 12 heteroatoms. The lowest BCUT2D eigenvalue weighted by atomic mass is 10.2. The highest BCUT2D eigenvalue weighted by atomic mass is 16.6. The number of benzene rings is 2. The van der Waals surface area contributed by atoms with Crippen LogP contribution in [-0.4, -0.2) is 54.2 Å². The van der Waals surface area contributed by atoms with E-state index in [2.05, 4.69) is 19.5 Å². The first-order chi connectivity index (χ1) is 15.8. The van der Waals surface area contributed by atoms with Crippen molar-refractivity contribution in [2.75, 3.05) is 25.3 Å². The molecule has 0 unspecified atom stereocenters. The van der Waals surface area contributed by atoms with Crippen molar-refractivity contribution in [1.82, 2.24) is 0 Å². The largest absolute Gasteiger partial charge is 0.507 e. The summed E-state index contributed by atoms with van der Waals surface area (Å²) in [4.78, 5) is 52.4. The zero-order chi connectivity index (χ0) is 26.4. The minimum atomic E-state index is -0.623. The molecular weight excluding hydrogens is 488 g/mol. The van der Waals surface area contributed by atoms with Crippen LogP contribution < -0.4 is 11.1 Å². The third kappa shape index (κ3) is 15.8. The number of phenolic OH excluding ortho intramolecular Hbond substituents is 2. The van der Waals surface area contributed by atoms with Gasteiger partial charge in [-0.1, -0.05) is 22.3 Å². The number of nitrogens with two attached hydrogens (primary N) is 1. The summed E-state index contributed by atoms with van der Waals surface area (Å²) in [6, 6.07) is 8.40. The van der Waals surface area contributed by atoms with E-state index in [1.54, 1.807) is 0 Å². The average Bonchev–Trinajstić information content (AvgIpc) is 2.72. The summed E-state index contributed by atoms with van der Waals surface area (Å²) in [5, 5.41) is 21.1. The van der Waals surface area contributed by atoms with E-state index >= 15 is 0 Å². The smallest absolute Gasteiger partial charge is 0.341 e. The minimum Gasteiger partial charge on any atom is -0.507 e. The van der Waals surface area contributed by atoms with Crippen LogP contribution in [0, 0.1) is 0 Å². The first-order valence-corrected chi connectivity index (χ1v) is 9.37. The Morgan fingerprint density at radius 1 is 0.730 bits per heavy atom. The van der Waals surface area contributed by atoms with Crippen molar-refractivity contribution in [2.45, 2.75) is 43.1 Å². The van der Waals surface area contributed by atoms with Gasteiger partial charge < -0.3 is 35.5 Å². The number of hydrogen-bond acceptors (Lipinski definition) is 11. The number of hydrogen-bond donors (Lipinski definition) is 4. The number of carbonyl (C=O) groups is 5. The number of nitrogens with one attached hydrogen (secondary N) is 1. The molecule has 2 rings (SSSR count). The van der Waals surface area contributed by atoms with E-state index in [0.29, 0.717) is 11.4 Å². The van der Waals surface area contributed by atoms with Crippen molar-refractivity contribution in [3.05, 3.63) is 47.5 Å². The molecule has 12 nitrogen and oxygen atoms in total. The lowest BCUT2D eigenvalue weighted by molar-refractivity contribution is -0.156. The number of ether oxygens (including phenoxy) is 3. The molecule has 0 saturated heterocycles. The molecule has 0 bridgehead atoms. The van der Waals surface area contributed by atoms with Gasteiger partial charge in [-0.05, 0) is 24.3 Å². The summed E-state index contributed by atoms with van der Waals surface area (Å²) in [7, 11) is 2.47. The number of amides is 1. The Balaban J connectivity index is -0.000000225. The molecule has 0 heterocycles. The predicted molar refractivity (Wildman–Crippen MR) is 140 cm³/mol. The second-order valence-corrected chi connectivity index (χ2v) is 6.26. The molecule has 0 saturated carbocycles. The van der Waals surface area contributed by atoms with Crippen LogP contribution in [0.3, 0.4) is 0 Å². The van der Waals surface area contributed by atoms with Gasteiger partial charge in [0.1, 0.15) is 22.6 Å². The number of phenols is 2. The molecule has 0 aliphatic rings. The highest BCUT2D eigenvalue weighted by Gasteiger charge is 2.12. The fourth-order valence-corrected chi connectivity index (χ4v) is 2.13. The van der Waals surface area contributed by atoms with Gasteiger partial charge in [-0.2, -0.15) is 0 Å². The fourth-order valence-electron chi connectivity index (χ4n) is 2.13. The Morgan fingerprint density at radius 2 is 1.14 bits per heavy atom. The monoisotopic (exact) mass is 526 g/mol. The summed E-state index contributed by atoms with van der Waals surface area (Å²) in [6.45, 7) is 3.72. The first kappa shape index (κ1) is 39.6. The standard InChI is InChI=1S/C10H11NO4.C8H9NO3.C4H6O3.3CH4/c1-6(12)11-7-3-4-8(9(13)5-7)10(14)15-2;1-12-8(11)6-3-2-5(9)4-7(6)10;1-3(5)7-4(2)6;;;/h3-5,13H,1-2H3,(H,11,12);2-4,10H,9H2,1H3;1-2H3;3*1H4. The molecule has 0 radical (unpaired) electrons. The summed E-state index contributed by atoms with van der Waals surface area (Å²) in [5.41, 5.74) is 6.36. The van der Waals surface area contributed by atoms with E-state index in [-0.39, 0.29) is 50.8 Å². The highest BCUT2D eigenvalue weighted by Crippen LogP contribution is 2.22. The van der Waals surface area contributed by atoms with Crippen LogP contribution in [0.15, 0.2) is 36.4 Å². The fraction of sp³-hybridized carbons (Fsp3) is 0.320. The average molecular weight is 527 g/mol. The molecule has 0 atom stereocenters. The van der Waals surface area contributed by atoms with Crippen molar-refractivity contribution < 1.29 is 48.4 Å². The van der Waals surface area contributed by atoms with Gasteiger partial charge in [0.05, 0.1) is 14.2 Å². The summed E-state index contributed by atoms with van der Waals surface area (Å²) in [5.74, 6) is -2.97. The van der Waals surface area contributed by atoms with E-state index in [4.69, 9.17) is 5.73 Å². The van der Waals surface area contributed by atoms with Crippen molar-refractivity contribution in [3.8, 4) is 11.5 Å². The van der Waals surface area contributed by atoms with E-state index in [1.807, 2.05) is 0 Å². The molecule has 0 aromatic heterocycles. The van der Waals surface area contributed by atoms with Crippen LogP contribution in [0.2, 0.25) is 0 Å². The van der Waals surface area contributed by atoms with E-state index in [0.717, 1.165) is 0 Å². The normalized spacial score (nSPS) is 8.35. The maximum Gasteiger partial charge on any atom is 0.341 e. The number of nitrogen functional groups attached to an aromatic ring is 1. The predicted octanol–water partition coefficient (Wildman–Crippen LogP) is 3.90. The lowest BCUT2D eigenvalue weighted by Gasteiger charge is -2.05. The molecule has 2 aromatic carbocycles. The van der Waals surface area contributed by atoms with Gasteiger partial charge in [0, 0.05) is 44.3 Å². The number of anilines is 2. The molecule has 2 aromatic rings. The van der Waals surface area contributed by atoms with Crippen molar-refractivity contribution in [2.24, 2.45) is 0 Å². The maximum atomic E-state index is 11.1. The van der Waals surface area contributed by atoms with E-state index in [1.165, 1.54) is 71.4 Å². The summed E-state index contributed by atoms with van der Waals surface area (Å²) < 4.78 is 12.8. The number of carbonyl (C=O) groups excluding carboxylic acids is 5. The Labute approximate surface area is 217 Å². The van der Waals surface area contributed by atoms with Gasteiger partial charge in [-0.3, -0.25) is 14.4 Å². The van der Waals surface area contributed by atoms with Crippen molar-refractivity contribution in [3.63, 3.8) is 0 Å². The summed E-state index contributed by atoms with van der Waals surface area (Å²) in [6.07, 6.45) is 0. The Kier molecular flexibility index (Phi) is 21.1. The Bertz CT molecular complexity index is 1040. The van der Waals surface area contributed by atoms with Crippen LogP contribution in [-0.2, 0) is 28.6 Å². The van der Waals surface area contributed by atoms with E-state index < -0.39 is 23.9 Å². The quantitative estimate of drug-likeness (QED) is 0.196. The van der Waals surface area contributed by atoms with Gasteiger partial charge in [0.2, 0.25) is 5.91 Å². The lowest BCUT2D eigenvalue weighted by Crippen LogP contribution is -2.07. The van der Waals surface area contributed by atoms with Crippen molar-refractivity contribution in [1.29, 1.82) is 0 Å². The Hall–Kier alpha value is -4.61.